The average Bonchev–Trinajstić information content (AvgIpc) is 2.84. The number of likely N-dealkylation sites (tertiary alicyclic amines) is 1. The Kier molecular flexibility index (Phi) is 4.60. The van der Waals surface area contributed by atoms with Crippen molar-refractivity contribution in [3.05, 3.63) is 23.2 Å². The minimum atomic E-state index is 0. The van der Waals surface area contributed by atoms with Crippen molar-refractivity contribution in [1.82, 2.24) is 4.90 Å². The lowest BCUT2D eigenvalue weighted by molar-refractivity contribution is 0.0786. The summed E-state index contributed by atoms with van der Waals surface area (Å²) in [6, 6.07) is 1.81. The van der Waals surface area contributed by atoms with E-state index in [2.05, 4.69) is 0 Å². The van der Waals surface area contributed by atoms with Crippen molar-refractivity contribution in [2.75, 3.05) is 19.6 Å². The molecule has 1 fully saturated rings. The normalized spacial score (nSPS) is 19.2. The van der Waals surface area contributed by atoms with Crippen LogP contribution in [-0.4, -0.2) is 30.4 Å². The molecule has 0 aromatic carbocycles. The Hall–Kier alpha value is -1.000. The number of aryl methyl sites for hydroxylation is 2. The number of hydrogen-bond donors (Lipinski definition) is 1. The first kappa shape index (κ1) is 14.1. The van der Waals surface area contributed by atoms with Crippen LogP contribution in [-0.2, 0) is 0 Å². The summed E-state index contributed by atoms with van der Waals surface area (Å²) >= 11 is 0. The van der Waals surface area contributed by atoms with E-state index < -0.39 is 0 Å². The molecule has 0 aliphatic carbocycles. The zero-order valence-electron chi connectivity index (χ0n) is 10.2. The number of carbonyl (C=O) groups excluding carboxylic acids is 1. The summed E-state index contributed by atoms with van der Waals surface area (Å²) < 4.78 is 5.38. The van der Waals surface area contributed by atoms with E-state index in [4.69, 9.17) is 10.2 Å². The fraction of sp³-hybridized carbons (Fsp3) is 0.583. The second-order valence-corrected chi connectivity index (χ2v) is 4.47. The molecule has 1 aromatic heterocycles. The minimum absolute atomic E-state index is 0. The van der Waals surface area contributed by atoms with Crippen LogP contribution in [0.4, 0.5) is 0 Å². The number of halogens is 1. The van der Waals surface area contributed by atoms with Gasteiger partial charge in [-0.2, -0.15) is 0 Å². The zero-order chi connectivity index (χ0) is 11.7. The van der Waals surface area contributed by atoms with Gasteiger partial charge in [0.25, 0.3) is 5.91 Å². The van der Waals surface area contributed by atoms with Crippen LogP contribution in [0, 0.1) is 19.8 Å². The minimum Gasteiger partial charge on any atom is -0.466 e. The Morgan fingerprint density at radius 3 is 2.76 bits per heavy atom. The molecule has 1 aliphatic heterocycles. The van der Waals surface area contributed by atoms with E-state index in [1.54, 1.807) is 0 Å². The second kappa shape index (κ2) is 5.56. The maximum absolute atomic E-state index is 12.2. The molecule has 2 rings (SSSR count). The van der Waals surface area contributed by atoms with Gasteiger partial charge in [-0.15, -0.1) is 12.4 Å². The van der Waals surface area contributed by atoms with Crippen LogP contribution in [0.15, 0.2) is 10.5 Å². The number of carbonyl (C=O) groups is 1. The quantitative estimate of drug-likeness (QED) is 0.879. The van der Waals surface area contributed by atoms with E-state index in [-0.39, 0.29) is 18.3 Å². The van der Waals surface area contributed by atoms with Gasteiger partial charge in [-0.1, -0.05) is 0 Å². The molecular formula is C12H19ClN2O2. The van der Waals surface area contributed by atoms with Crippen molar-refractivity contribution < 1.29 is 9.21 Å². The number of hydrogen-bond acceptors (Lipinski definition) is 3. The standard InChI is InChI=1S/C12H18N2O2.ClH/c1-8-5-11(9(2)16-8)12(15)14-4-3-10(6-13)7-14;/h5,10H,3-4,6-7,13H2,1-2H3;1H. The van der Waals surface area contributed by atoms with Gasteiger partial charge >= 0.3 is 0 Å². The molecule has 0 spiro atoms. The highest BCUT2D eigenvalue weighted by atomic mass is 35.5. The molecule has 1 saturated heterocycles. The zero-order valence-corrected chi connectivity index (χ0v) is 11.0. The molecule has 1 aromatic rings. The van der Waals surface area contributed by atoms with Crippen LogP contribution in [0.25, 0.3) is 0 Å². The summed E-state index contributed by atoms with van der Waals surface area (Å²) in [4.78, 5) is 14.0. The summed E-state index contributed by atoms with van der Waals surface area (Å²) in [6.07, 6.45) is 1.01. The SMILES string of the molecule is Cc1cc(C(=O)N2CCC(CN)C2)c(C)o1.Cl. The topological polar surface area (TPSA) is 59.5 Å². The molecule has 1 atom stereocenters. The lowest BCUT2D eigenvalue weighted by Crippen LogP contribution is -2.29. The highest BCUT2D eigenvalue weighted by Gasteiger charge is 2.27. The summed E-state index contributed by atoms with van der Waals surface area (Å²) in [5.74, 6) is 2.02. The predicted molar refractivity (Wildman–Crippen MR) is 68.5 cm³/mol. The smallest absolute Gasteiger partial charge is 0.257 e. The summed E-state index contributed by atoms with van der Waals surface area (Å²) in [6.45, 7) is 5.93. The highest BCUT2D eigenvalue weighted by molar-refractivity contribution is 5.95. The van der Waals surface area contributed by atoms with E-state index in [0.29, 0.717) is 23.8 Å². The van der Waals surface area contributed by atoms with Crippen molar-refractivity contribution in [2.45, 2.75) is 20.3 Å². The molecule has 2 heterocycles. The molecule has 1 amide bonds. The van der Waals surface area contributed by atoms with E-state index >= 15 is 0 Å². The van der Waals surface area contributed by atoms with Crippen molar-refractivity contribution >= 4 is 18.3 Å². The van der Waals surface area contributed by atoms with Gasteiger partial charge in [-0.3, -0.25) is 4.79 Å². The molecule has 4 nitrogen and oxygen atoms in total. The van der Waals surface area contributed by atoms with Crippen molar-refractivity contribution in [3.8, 4) is 0 Å². The Morgan fingerprint density at radius 1 is 1.59 bits per heavy atom. The average molecular weight is 259 g/mol. The molecule has 17 heavy (non-hydrogen) atoms. The molecule has 96 valence electrons. The molecule has 2 N–H and O–H groups in total. The van der Waals surface area contributed by atoms with E-state index in [1.807, 2.05) is 24.8 Å². The number of furan rings is 1. The van der Waals surface area contributed by atoms with Crippen LogP contribution in [0.1, 0.15) is 28.3 Å². The van der Waals surface area contributed by atoms with Crippen LogP contribution < -0.4 is 5.73 Å². The van der Waals surface area contributed by atoms with Crippen LogP contribution in [0.5, 0.6) is 0 Å². The van der Waals surface area contributed by atoms with Crippen molar-refractivity contribution in [1.29, 1.82) is 0 Å². The Bertz CT molecular complexity index is 403. The van der Waals surface area contributed by atoms with Crippen LogP contribution in [0.3, 0.4) is 0 Å². The van der Waals surface area contributed by atoms with Gasteiger partial charge in [0, 0.05) is 13.1 Å². The van der Waals surface area contributed by atoms with Crippen molar-refractivity contribution in [3.63, 3.8) is 0 Å². The van der Waals surface area contributed by atoms with Crippen LogP contribution in [0.2, 0.25) is 0 Å². The van der Waals surface area contributed by atoms with Crippen LogP contribution >= 0.6 is 12.4 Å². The van der Waals surface area contributed by atoms with E-state index in [9.17, 15) is 4.79 Å². The molecule has 5 heteroatoms. The van der Waals surface area contributed by atoms with Gasteiger partial charge in [0.15, 0.2) is 0 Å². The predicted octanol–water partition coefficient (Wildman–Crippen LogP) is 1.74. The van der Waals surface area contributed by atoms with Gasteiger partial charge in [-0.25, -0.2) is 0 Å². The first-order valence-corrected chi connectivity index (χ1v) is 5.68. The van der Waals surface area contributed by atoms with Crippen molar-refractivity contribution in [2.24, 2.45) is 11.7 Å². The Balaban J connectivity index is 0.00000144. The third-order valence-electron chi connectivity index (χ3n) is 3.18. The number of nitrogens with zero attached hydrogens (tertiary/aromatic N) is 1. The third-order valence-corrected chi connectivity index (χ3v) is 3.18. The first-order chi connectivity index (χ1) is 7.61. The van der Waals surface area contributed by atoms with E-state index in [0.717, 1.165) is 25.3 Å². The largest absolute Gasteiger partial charge is 0.466 e. The number of nitrogens with two attached hydrogens (primary N) is 1. The summed E-state index contributed by atoms with van der Waals surface area (Å²) in [5.41, 5.74) is 6.30. The van der Waals surface area contributed by atoms with Gasteiger partial charge in [0.1, 0.15) is 11.5 Å². The van der Waals surface area contributed by atoms with Gasteiger partial charge in [-0.05, 0) is 38.8 Å². The molecule has 0 radical (unpaired) electrons. The molecule has 0 saturated carbocycles. The molecule has 0 bridgehead atoms. The van der Waals surface area contributed by atoms with Gasteiger partial charge in [0.05, 0.1) is 5.56 Å². The lowest BCUT2D eigenvalue weighted by Gasteiger charge is -2.15. The lowest BCUT2D eigenvalue weighted by atomic mass is 10.1. The summed E-state index contributed by atoms with van der Waals surface area (Å²) in [7, 11) is 0. The Morgan fingerprint density at radius 2 is 2.29 bits per heavy atom. The van der Waals surface area contributed by atoms with Gasteiger partial charge < -0.3 is 15.1 Å². The fourth-order valence-corrected chi connectivity index (χ4v) is 2.22. The molecule has 1 aliphatic rings. The van der Waals surface area contributed by atoms with E-state index in [1.165, 1.54) is 0 Å². The second-order valence-electron chi connectivity index (χ2n) is 4.47. The maximum atomic E-state index is 12.2. The monoisotopic (exact) mass is 258 g/mol. The summed E-state index contributed by atoms with van der Waals surface area (Å²) in [5, 5.41) is 0. The molecule has 1 unspecified atom stereocenters. The number of rotatable bonds is 2. The molecular weight excluding hydrogens is 240 g/mol. The highest BCUT2D eigenvalue weighted by Crippen LogP contribution is 2.21. The maximum Gasteiger partial charge on any atom is 0.257 e. The fourth-order valence-electron chi connectivity index (χ4n) is 2.22. The Labute approximate surface area is 108 Å². The third kappa shape index (κ3) is 2.82. The van der Waals surface area contributed by atoms with Gasteiger partial charge in [0.2, 0.25) is 0 Å². The number of amides is 1. The first-order valence-electron chi connectivity index (χ1n) is 5.68.